The summed E-state index contributed by atoms with van der Waals surface area (Å²) in [6.07, 6.45) is 3.67. The Balaban J connectivity index is 0.950. The van der Waals surface area contributed by atoms with Crippen LogP contribution in [-0.4, -0.2) is 23.7 Å². The third-order valence-electron chi connectivity index (χ3n) is 11.8. The van der Waals surface area contributed by atoms with Crippen molar-refractivity contribution in [2.75, 3.05) is 0 Å². The molecule has 0 aliphatic carbocycles. The maximum absolute atomic E-state index is 5.02. The molecule has 0 unspecified atom stereocenters. The maximum Gasteiger partial charge on any atom is 0.147 e. The fraction of sp³-hybridized carbons (Fsp3) is 0. The second-order valence-electron chi connectivity index (χ2n) is 15.1. The molecule has 0 N–H and O–H groups in total. The molecule has 4 heterocycles. The average Bonchev–Trinajstić information content (AvgIpc) is 3.97. The van der Waals surface area contributed by atoms with Crippen LogP contribution in [0, 0.1) is 0 Å². The molecule has 0 bridgehead atoms. The van der Waals surface area contributed by atoms with Gasteiger partial charge in [-0.2, -0.15) is 0 Å². The Labute approximate surface area is 340 Å². The molecule has 12 rings (SSSR count). The lowest BCUT2D eigenvalue weighted by molar-refractivity contribution is 1.09. The van der Waals surface area contributed by atoms with E-state index in [0.29, 0.717) is 0 Å². The number of rotatable bonds is 6. The van der Waals surface area contributed by atoms with Gasteiger partial charge >= 0.3 is 0 Å². The summed E-state index contributed by atoms with van der Waals surface area (Å²) in [5, 5.41) is 4.94. The zero-order chi connectivity index (χ0) is 38.9. The highest BCUT2D eigenvalue weighted by atomic mass is 15.1. The van der Waals surface area contributed by atoms with E-state index in [0.717, 1.165) is 39.5 Å². The topological polar surface area (TPSA) is 40.6 Å². The third-order valence-corrected chi connectivity index (χ3v) is 11.8. The molecule has 0 saturated heterocycles. The maximum atomic E-state index is 5.02. The van der Waals surface area contributed by atoms with Gasteiger partial charge < -0.3 is 9.13 Å². The second kappa shape index (κ2) is 13.3. The molecule has 5 nitrogen and oxygen atoms in total. The van der Waals surface area contributed by atoms with Crippen molar-refractivity contribution in [1.82, 2.24) is 23.7 Å². The fourth-order valence-corrected chi connectivity index (χ4v) is 9.02. The Kier molecular flexibility index (Phi) is 7.47. The van der Waals surface area contributed by atoms with Crippen LogP contribution in [0.2, 0.25) is 0 Å². The summed E-state index contributed by atoms with van der Waals surface area (Å²) in [5.41, 5.74) is 15.8. The summed E-state index contributed by atoms with van der Waals surface area (Å²) in [6.45, 7) is 0. The first-order chi connectivity index (χ1) is 29.3. The molecule has 0 radical (unpaired) electrons. The molecule has 12 aromatic rings. The molecule has 8 aromatic carbocycles. The van der Waals surface area contributed by atoms with Crippen molar-refractivity contribution in [1.29, 1.82) is 0 Å². The van der Waals surface area contributed by atoms with Crippen LogP contribution < -0.4 is 0 Å². The summed E-state index contributed by atoms with van der Waals surface area (Å²) >= 11 is 0. The van der Waals surface area contributed by atoms with Gasteiger partial charge in [0.1, 0.15) is 5.82 Å². The first-order valence-electron chi connectivity index (χ1n) is 20.0. The normalized spacial score (nSPS) is 11.7. The van der Waals surface area contributed by atoms with E-state index in [-0.39, 0.29) is 0 Å². The number of benzene rings is 8. The quantitative estimate of drug-likeness (QED) is 0.170. The average molecular weight is 754 g/mol. The largest absolute Gasteiger partial charge is 0.309 e. The van der Waals surface area contributed by atoms with Crippen LogP contribution in [0.1, 0.15) is 0 Å². The van der Waals surface area contributed by atoms with Crippen molar-refractivity contribution < 1.29 is 0 Å². The Hall–Kier alpha value is -8.02. The van der Waals surface area contributed by atoms with Crippen LogP contribution in [0.25, 0.3) is 105 Å². The van der Waals surface area contributed by atoms with Crippen LogP contribution in [0.3, 0.4) is 0 Å². The summed E-state index contributed by atoms with van der Waals surface area (Å²) in [4.78, 5) is 9.41. The first kappa shape index (κ1) is 33.2. The fourth-order valence-electron chi connectivity index (χ4n) is 9.02. The number of fused-ring (bicyclic) bond motifs is 7. The number of para-hydroxylation sites is 4. The van der Waals surface area contributed by atoms with Crippen molar-refractivity contribution in [3.05, 3.63) is 213 Å². The molecule has 0 aliphatic heterocycles. The van der Waals surface area contributed by atoms with Crippen molar-refractivity contribution in [3.63, 3.8) is 0 Å². The minimum Gasteiger partial charge on any atom is -0.309 e. The number of aromatic nitrogens is 5. The van der Waals surface area contributed by atoms with Gasteiger partial charge in [0.25, 0.3) is 0 Å². The lowest BCUT2D eigenvalue weighted by atomic mass is 10.0. The predicted molar refractivity (Wildman–Crippen MR) is 244 cm³/mol. The SMILES string of the molecule is c1ccc(-c2ccc(-n3c4ccccc4c4cc(-c5ccc6c(c5)c5ccccc5n6-c5ccc(-n6c(-c7cccnc7)nc7ccccc76)cc5)ccc43)cc2)cc1. The van der Waals surface area contributed by atoms with E-state index in [9.17, 15) is 0 Å². The molecule has 0 atom stereocenters. The number of nitrogens with zero attached hydrogens (tertiary/aromatic N) is 5. The smallest absolute Gasteiger partial charge is 0.147 e. The van der Waals surface area contributed by atoms with Gasteiger partial charge in [-0.15, -0.1) is 0 Å². The lowest BCUT2D eigenvalue weighted by Crippen LogP contribution is -1.99. The first-order valence-corrected chi connectivity index (χ1v) is 20.0. The van der Waals surface area contributed by atoms with E-state index >= 15 is 0 Å². The molecule has 0 spiro atoms. The van der Waals surface area contributed by atoms with Gasteiger partial charge in [0.15, 0.2) is 0 Å². The highest BCUT2D eigenvalue weighted by molar-refractivity contribution is 6.12. The number of hydrogen-bond donors (Lipinski definition) is 0. The molecule has 5 heteroatoms. The molecular weight excluding hydrogens is 719 g/mol. The number of imidazole rings is 1. The van der Waals surface area contributed by atoms with Crippen molar-refractivity contribution in [2.45, 2.75) is 0 Å². The Morgan fingerprint density at radius 2 is 0.763 bits per heavy atom. The Morgan fingerprint density at radius 3 is 1.36 bits per heavy atom. The van der Waals surface area contributed by atoms with Crippen LogP contribution >= 0.6 is 0 Å². The molecule has 59 heavy (non-hydrogen) atoms. The lowest BCUT2D eigenvalue weighted by Gasteiger charge is -2.12. The molecule has 0 saturated carbocycles. The van der Waals surface area contributed by atoms with Gasteiger partial charge in [0.2, 0.25) is 0 Å². The monoisotopic (exact) mass is 753 g/mol. The van der Waals surface area contributed by atoms with Gasteiger partial charge in [-0.3, -0.25) is 9.55 Å². The minimum atomic E-state index is 0.872. The Bertz CT molecular complexity index is 3520. The third kappa shape index (κ3) is 5.33. The summed E-state index contributed by atoms with van der Waals surface area (Å²) in [7, 11) is 0. The molecule has 0 aliphatic rings. The Morgan fingerprint density at radius 1 is 0.305 bits per heavy atom. The number of hydrogen-bond acceptors (Lipinski definition) is 2. The minimum absolute atomic E-state index is 0.872. The van der Waals surface area contributed by atoms with E-state index in [1.54, 1.807) is 6.20 Å². The van der Waals surface area contributed by atoms with E-state index < -0.39 is 0 Å². The van der Waals surface area contributed by atoms with Gasteiger partial charge in [0, 0.05) is 56.6 Å². The van der Waals surface area contributed by atoms with Crippen molar-refractivity contribution >= 4 is 54.6 Å². The molecule has 0 fully saturated rings. The van der Waals surface area contributed by atoms with Gasteiger partial charge in [-0.25, -0.2) is 4.98 Å². The van der Waals surface area contributed by atoms with Gasteiger partial charge in [0.05, 0.1) is 33.1 Å². The summed E-state index contributed by atoms with van der Waals surface area (Å²) in [6, 6.07) is 71.9. The van der Waals surface area contributed by atoms with Crippen molar-refractivity contribution in [2.24, 2.45) is 0 Å². The zero-order valence-corrected chi connectivity index (χ0v) is 31.9. The van der Waals surface area contributed by atoms with Crippen LogP contribution in [0.15, 0.2) is 213 Å². The molecular formula is C54H35N5. The van der Waals surface area contributed by atoms with E-state index in [1.165, 1.54) is 65.9 Å². The molecule has 276 valence electrons. The van der Waals surface area contributed by atoms with E-state index in [1.807, 2.05) is 18.3 Å². The highest BCUT2D eigenvalue weighted by Gasteiger charge is 2.18. The summed E-state index contributed by atoms with van der Waals surface area (Å²) in [5.74, 6) is 0.872. The predicted octanol–water partition coefficient (Wildman–Crippen LogP) is 13.6. The van der Waals surface area contributed by atoms with Crippen molar-refractivity contribution in [3.8, 4) is 50.7 Å². The van der Waals surface area contributed by atoms with Crippen LogP contribution in [0.5, 0.6) is 0 Å². The van der Waals surface area contributed by atoms with E-state index in [4.69, 9.17) is 4.98 Å². The number of pyridine rings is 1. The highest BCUT2D eigenvalue weighted by Crippen LogP contribution is 2.39. The van der Waals surface area contributed by atoms with E-state index in [2.05, 4.69) is 207 Å². The second-order valence-corrected chi connectivity index (χ2v) is 15.1. The summed E-state index contributed by atoms with van der Waals surface area (Å²) < 4.78 is 7.00. The van der Waals surface area contributed by atoms with Crippen LogP contribution in [-0.2, 0) is 0 Å². The van der Waals surface area contributed by atoms with Gasteiger partial charge in [-0.05, 0) is 119 Å². The molecule has 0 amide bonds. The van der Waals surface area contributed by atoms with Crippen LogP contribution in [0.4, 0.5) is 0 Å². The van der Waals surface area contributed by atoms with Gasteiger partial charge in [-0.1, -0.05) is 103 Å². The molecule has 4 aromatic heterocycles. The standard InChI is InChI=1S/C54H35N5/c1-2-11-36(12-3-1)37-20-24-41(25-21-37)57-49-17-7-4-14-44(49)46-33-38(22-30-51(46)57)39-23-31-52-47(34-39)45-15-5-8-18-50(45)58(52)42-26-28-43(29-27-42)59-53-19-9-6-16-48(53)56-54(59)40-13-10-32-55-35-40/h1-35H. The zero-order valence-electron chi connectivity index (χ0n) is 31.9.